The van der Waals surface area contributed by atoms with Gasteiger partial charge < -0.3 is 19.5 Å². The van der Waals surface area contributed by atoms with E-state index < -0.39 is 23.7 Å². The molecule has 0 fully saturated rings. The number of carbonyl (C=O) groups excluding carboxylic acids is 1. The van der Waals surface area contributed by atoms with Gasteiger partial charge in [-0.3, -0.25) is 14.2 Å². The number of fused-ring (bicyclic) bond motifs is 1. The molecular formula is C21H24N4O6. The van der Waals surface area contributed by atoms with Crippen molar-refractivity contribution in [3.05, 3.63) is 50.8 Å². The zero-order valence-corrected chi connectivity index (χ0v) is 18.0. The highest BCUT2D eigenvalue weighted by Crippen LogP contribution is 2.29. The summed E-state index contributed by atoms with van der Waals surface area (Å²) in [6, 6.07) is 4.85. The topological polar surface area (TPSA) is 114 Å². The van der Waals surface area contributed by atoms with E-state index in [1.165, 1.54) is 25.8 Å². The van der Waals surface area contributed by atoms with Crippen molar-refractivity contribution >= 4 is 22.6 Å². The third kappa shape index (κ3) is 4.09. The molecule has 31 heavy (non-hydrogen) atoms. The first-order valence-electron chi connectivity index (χ1n) is 9.56. The lowest BCUT2D eigenvalue weighted by Gasteiger charge is -2.14. The first kappa shape index (κ1) is 21.9. The number of benzene rings is 1. The Kier molecular flexibility index (Phi) is 6.28. The fourth-order valence-electron chi connectivity index (χ4n) is 3.25. The molecule has 2 heterocycles. The molecule has 10 nitrogen and oxygen atoms in total. The molecule has 0 radical (unpaired) electrons. The van der Waals surface area contributed by atoms with Gasteiger partial charge in [0.15, 0.2) is 17.1 Å². The van der Waals surface area contributed by atoms with E-state index in [9.17, 15) is 14.4 Å². The van der Waals surface area contributed by atoms with Crippen LogP contribution in [0.15, 0.2) is 34.0 Å². The molecular weight excluding hydrogens is 404 g/mol. The molecule has 3 aromatic rings. The Morgan fingerprint density at radius 1 is 1.16 bits per heavy atom. The van der Waals surface area contributed by atoms with Gasteiger partial charge >= 0.3 is 5.69 Å². The Morgan fingerprint density at radius 2 is 1.87 bits per heavy atom. The number of hydrogen-bond donors (Lipinski definition) is 1. The lowest BCUT2D eigenvalue weighted by Crippen LogP contribution is -2.42. The van der Waals surface area contributed by atoms with E-state index in [-0.39, 0.29) is 11.0 Å². The van der Waals surface area contributed by atoms with Crippen LogP contribution in [-0.2, 0) is 18.4 Å². The average Bonchev–Trinajstić information content (AvgIpc) is 2.76. The molecule has 1 amide bonds. The molecule has 0 aliphatic rings. The van der Waals surface area contributed by atoms with Crippen LogP contribution in [0.25, 0.3) is 11.0 Å². The highest BCUT2D eigenvalue weighted by Gasteiger charge is 2.20. The summed E-state index contributed by atoms with van der Waals surface area (Å²) in [7, 11) is 4.48. The van der Waals surface area contributed by atoms with Crippen LogP contribution in [-0.4, -0.2) is 40.9 Å². The lowest BCUT2D eigenvalue weighted by atomic mass is 10.2. The van der Waals surface area contributed by atoms with Crippen molar-refractivity contribution in [3.63, 3.8) is 0 Å². The normalized spacial score (nSPS) is 10.7. The van der Waals surface area contributed by atoms with Gasteiger partial charge in [-0.15, -0.1) is 0 Å². The van der Waals surface area contributed by atoms with Crippen LogP contribution in [0.4, 0.5) is 5.69 Å². The van der Waals surface area contributed by atoms with Crippen LogP contribution < -0.4 is 30.8 Å². The van der Waals surface area contributed by atoms with Crippen molar-refractivity contribution < 1.29 is 19.0 Å². The Labute approximate surface area is 178 Å². The van der Waals surface area contributed by atoms with Gasteiger partial charge in [-0.1, -0.05) is 0 Å². The van der Waals surface area contributed by atoms with Gasteiger partial charge in [-0.05, 0) is 26.0 Å². The van der Waals surface area contributed by atoms with Crippen LogP contribution >= 0.6 is 0 Å². The van der Waals surface area contributed by atoms with Crippen LogP contribution in [0.5, 0.6) is 17.2 Å². The predicted molar refractivity (Wildman–Crippen MR) is 115 cm³/mol. The van der Waals surface area contributed by atoms with Crippen LogP contribution in [0.2, 0.25) is 0 Å². The molecule has 164 valence electrons. The zero-order valence-electron chi connectivity index (χ0n) is 18.0. The smallest absolute Gasteiger partial charge is 0.332 e. The average molecular weight is 428 g/mol. The molecule has 3 rings (SSSR count). The molecule has 0 atom stereocenters. The number of nitrogens with one attached hydrogen (secondary N) is 1. The minimum Gasteiger partial charge on any atom is -0.493 e. The third-order valence-electron chi connectivity index (χ3n) is 4.74. The van der Waals surface area contributed by atoms with Gasteiger partial charge in [0.05, 0.1) is 20.8 Å². The SMILES string of the molecule is CCOc1c(C)cnc2c1c(=O)n(CC(=O)Nc1ccc(OC)c(OC)c1)c(=O)n2C. The minimum absolute atomic E-state index is 0.155. The van der Waals surface area contributed by atoms with Gasteiger partial charge in [0, 0.05) is 30.6 Å². The first-order chi connectivity index (χ1) is 14.8. The Balaban J connectivity index is 2.01. The predicted octanol–water partition coefficient (Wildman–Crippen LogP) is 1.46. The first-order valence-corrected chi connectivity index (χ1v) is 9.56. The van der Waals surface area contributed by atoms with Crippen molar-refractivity contribution in [3.8, 4) is 17.2 Å². The number of aromatic nitrogens is 3. The number of methoxy groups -OCH3 is 2. The van der Waals surface area contributed by atoms with E-state index in [1.807, 2.05) is 0 Å². The minimum atomic E-state index is -0.654. The van der Waals surface area contributed by atoms with Gasteiger partial charge in [0.25, 0.3) is 5.56 Å². The standard InChI is InChI=1S/C21H24N4O6/c1-6-31-18-12(2)10-22-19-17(18)20(27)25(21(28)24(19)3)11-16(26)23-13-7-8-14(29-4)15(9-13)30-5/h7-10H,6,11H2,1-5H3,(H,23,26). The molecule has 0 bridgehead atoms. The summed E-state index contributed by atoms with van der Waals surface area (Å²) in [4.78, 5) is 42.7. The van der Waals surface area contributed by atoms with Crippen molar-refractivity contribution in [2.24, 2.45) is 7.05 Å². The molecule has 0 unspecified atom stereocenters. The number of anilines is 1. The Bertz CT molecular complexity index is 1260. The molecule has 0 spiro atoms. The molecule has 1 N–H and O–H groups in total. The molecule has 0 saturated heterocycles. The number of amides is 1. The maximum absolute atomic E-state index is 13.1. The van der Waals surface area contributed by atoms with Gasteiger partial charge in [-0.25, -0.2) is 14.3 Å². The van der Waals surface area contributed by atoms with Crippen LogP contribution in [0, 0.1) is 6.92 Å². The maximum atomic E-state index is 13.1. The summed E-state index contributed by atoms with van der Waals surface area (Å²) < 4.78 is 18.1. The molecule has 0 saturated carbocycles. The zero-order chi connectivity index (χ0) is 22.7. The fourth-order valence-corrected chi connectivity index (χ4v) is 3.25. The second-order valence-corrected chi connectivity index (χ2v) is 6.75. The van der Waals surface area contributed by atoms with Crippen molar-refractivity contribution in [2.75, 3.05) is 26.1 Å². The quantitative estimate of drug-likeness (QED) is 0.606. The molecule has 0 aliphatic heterocycles. The number of pyridine rings is 1. The summed E-state index contributed by atoms with van der Waals surface area (Å²) in [5.41, 5.74) is -0.00756. The molecule has 0 aliphatic carbocycles. The largest absolute Gasteiger partial charge is 0.493 e. The lowest BCUT2D eigenvalue weighted by molar-refractivity contribution is -0.116. The number of carbonyl (C=O) groups is 1. The summed E-state index contributed by atoms with van der Waals surface area (Å²) in [6.45, 7) is 3.41. The van der Waals surface area contributed by atoms with E-state index in [0.29, 0.717) is 35.1 Å². The fraction of sp³-hybridized carbons (Fsp3) is 0.333. The van der Waals surface area contributed by atoms with Crippen molar-refractivity contribution in [1.82, 2.24) is 14.1 Å². The number of aryl methyl sites for hydroxylation is 2. The van der Waals surface area contributed by atoms with Gasteiger partial charge in [0.1, 0.15) is 17.7 Å². The molecule has 2 aromatic heterocycles. The Hall–Kier alpha value is -3.82. The van der Waals surface area contributed by atoms with E-state index in [0.717, 1.165) is 4.57 Å². The summed E-state index contributed by atoms with van der Waals surface area (Å²) >= 11 is 0. The van der Waals surface area contributed by atoms with E-state index >= 15 is 0 Å². The number of hydrogen-bond acceptors (Lipinski definition) is 7. The van der Waals surface area contributed by atoms with Crippen LogP contribution in [0.3, 0.4) is 0 Å². The van der Waals surface area contributed by atoms with Gasteiger partial charge in [-0.2, -0.15) is 0 Å². The van der Waals surface area contributed by atoms with E-state index in [1.54, 1.807) is 38.2 Å². The monoisotopic (exact) mass is 428 g/mol. The summed E-state index contributed by atoms with van der Waals surface area (Å²) in [5, 5.41) is 2.82. The van der Waals surface area contributed by atoms with Crippen molar-refractivity contribution in [1.29, 1.82) is 0 Å². The number of rotatable bonds is 7. The van der Waals surface area contributed by atoms with Crippen molar-refractivity contribution in [2.45, 2.75) is 20.4 Å². The third-order valence-corrected chi connectivity index (χ3v) is 4.74. The summed E-state index contributed by atoms with van der Waals surface area (Å²) in [6.07, 6.45) is 1.54. The second-order valence-electron chi connectivity index (χ2n) is 6.75. The highest BCUT2D eigenvalue weighted by molar-refractivity contribution is 5.91. The number of ether oxygens (including phenoxy) is 3. The molecule has 1 aromatic carbocycles. The maximum Gasteiger partial charge on any atom is 0.332 e. The Morgan fingerprint density at radius 3 is 2.52 bits per heavy atom. The molecule has 10 heteroatoms. The van der Waals surface area contributed by atoms with Crippen LogP contribution in [0.1, 0.15) is 12.5 Å². The number of nitrogens with zero attached hydrogens (tertiary/aromatic N) is 3. The van der Waals surface area contributed by atoms with Gasteiger partial charge in [0.2, 0.25) is 5.91 Å². The van der Waals surface area contributed by atoms with E-state index in [2.05, 4.69) is 10.3 Å². The summed E-state index contributed by atoms with van der Waals surface area (Å²) in [5.74, 6) is 0.736. The second kappa shape index (κ2) is 8.90. The highest BCUT2D eigenvalue weighted by atomic mass is 16.5. The van der Waals surface area contributed by atoms with E-state index in [4.69, 9.17) is 14.2 Å².